The van der Waals surface area contributed by atoms with Gasteiger partial charge >= 0.3 is 0 Å². The van der Waals surface area contributed by atoms with Crippen LogP contribution in [-0.4, -0.2) is 55.2 Å². The predicted molar refractivity (Wildman–Crippen MR) is 84.0 cm³/mol. The lowest BCUT2D eigenvalue weighted by atomic mass is 9.94. The summed E-state index contributed by atoms with van der Waals surface area (Å²) in [5.74, 6) is -0.514. The molecule has 1 aromatic carbocycles. The van der Waals surface area contributed by atoms with Crippen LogP contribution in [0.25, 0.3) is 0 Å². The van der Waals surface area contributed by atoms with Crippen LogP contribution in [0.1, 0.15) is 28.8 Å². The highest BCUT2D eigenvalue weighted by Crippen LogP contribution is 2.28. The van der Waals surface area contributed by atoms with E-state index in [1.54, 1.807) is 18.2 Å². The average molecular weight is 318 g/mol. The van der Waals surface area contributed by atoms with Crippen molar-refractivity contribution in [3.63, 3.8) is 0 Å². The molecule has 23 heavy (non-hydrogen) atoms. The molecule has 2 saturated heterocycles. The fourth-order valence-corrected chi connectivity index (χ4v) is 3.31. The van der Waals surface area contributed by atoms with Crippen LogP contribution in [0.2, 0.25) is 0 Å². The lowest BCUT2D eigenvalue weighted by Gasteiger charge is -2.44. The summed E-state index contributed by atoms with van der Waals surface area (Å²) >= 11 is 0. The third-order valence-corrected chi connectivity index (χ3v) is 4.51. The molecule has 2 N–H and O–H groups in total. The molecule has 1 aromatic rings. The SMILES string of the molecule is NC(=O)c1ccccc1CC(=O)N1CCOC2(CCCOC2)C1. The number of ether oxygens (including phenoxy) is 2. The molecule has 2 fully saturated rings. The number of amides is 2. The molecule has 6 nitrogen and oxygen atoms in total. The van der Waals surface area contributed by atoms with Crippen LogP contribution in [0.3, 0.4) is 0 Å². The second kappa shape index (κ2) is 6.68. The Hall–Kier alpha value is -1.92. The molecule has 3 rings (SSSR count). The Morgan fingerprint density at radius 3 is 2.83 bits per heavy atom. The summed E-state index contributed by atoms with van der Waals surface area (Å²) in [7, 11) is 0. The van der Waals surface area contributed by atoms with E-state index in [-0.39, 0.29) is 17.9 Å². The fourth-order valence-electron chi connectivity index (χ4n) is 3.31. The van der Waals surface area contributed by atoms with Gasteiger partial charge in [-0.15, -0.1) is 0 Å². The molecule has 2 heterocycles. The normalized spacial score (nSPS) is 24.6. The minimum Gasteiger partial charge on any atom is -0.378 e. The van der Waals surface area contributed by atoms with Crippen molar-refractivity contribution < 1.29 is 19.1 Å². The van der Waals surface area contributed by atoms with Gasteiger partial charge in [-0.3, -0.25) is 9.59 Å². The molecular formula is C17H22N2O4. The van der Waals surface area contributed by atoms with Crippen molar-refractivity contribution in [1.29, 1.82) is 0 Å². The third-order valence-electron chi connectivity index (χ3n) is 4.51. The average Bonchev–Trinajstić information content (AvgIpc) is 2.56. The number of morpholine rings is 1. The molecule has 0 aliphatic carbocycles. The van der Waals surface area contributed by atoms with Crippen molar-refractivity contribution in [2.75, 3.05) is 32.9 Å². The largest absolute Gasteiger partial charge is 0.378 e. The minimum atomic E-state index is -0.507. The van der Waals surface area contributed by atoms with Crippen molar-refractivity contribution >= 4 is 11.8 Å². The molecule has 2 amide bonds. The molecule has 0 radical (unpaired) electrons. The Bertz CT molecular complexity index is 591. The highest BCUT2D eigenvalue weighted by atomic mass is 16.5. The van der Waals surface area contributed by atoms with Gasteiger partial charge in [-0.05, 0) is 24.5 Å². The Kier molecular flexibility index (Phi) is 4.63. The summed E-state index contributed by atoms with van der Waals surface area (Å²) in [5.41, 5.74) is 6.09. The summed E-state index contributed by atoms with van der Waals surface area (Å²) in [6.07, 6.45) is 2.04. The fraction of sp³-hybridized carbons (Fsp3) is 0.529. The van der Waals surface area contributed by atoms with Crippen LogP contribution < -0.4 is 5.73 Å². The van der Waals surface area contributed by atoms with Gasteiger partial charge in [0, 0.05) is 18.7 Å². The van der Waals surface area contributed by atoms with Gasteiger partial charge in [0.05, 0.1) is 26.2 Å². The predicted octanol–water partition coefficient (Wildman–Crippen LogP) is 0.736. The van der Waals surface area contributed by atoms with Gasteiger partial charge < -0.3 is 20.1 Å². The summed E-state index contributed by atoms with van der Waals surface area (Å²) in [5, 5.41) is 0. The second-order valence-electron chi connectivity index (χ2n) is 6.20. The Morgan fingerprint density at radius 2 is 2.09 bits per heavy atom. The van der Waals surface area contributed by atoms with Crippen molar-refractivity contribution in [2.24, 2.45) is 5.73 Å². The maximum absolute atomic E-state index is 12.6. The zero-order valence-corrected chi connectivity index (χ0v) is 13.1. The molecule has 0 saturated carbocycles. The first-order valence-corrected chi connectivity index (χ1v) is 7.97. The first kappa shape index (κ1) is 16.0. The van der Waals surface area contributed by atoms with Gasteiger partial charge in [-0.2, -0.15) is 0 Å². The highest BCUT2D eigenvalue weighted by molar-refractivity contribution is 5.95. The van der Waals surface area contributed by atoms with Gasteiger partial charge in [0.1, 0.15) is 5.60 Å². The van der Waals surface area contributed by atoms with Crippen LogP contribution >= 0.6 is 0 Å². The standard InChI is InChI=1S/C17H22N2O4/c18-16(21)14-5-2-1-4-13(14)10-15(20)19-7-9-23-17(11-19)6-3-8-22-12-17/h1-2,4-5H,3,6-12H2,(H2,18,21). The van der Waals surface area contributed by atoms with Gasteiger partial charge in [-0.1, -0.05) is 18.2 Å². The number of carbonyl (C=O) groups excluding carboxylic acids is 2. The van der Waals surface area contributed by atoms with Gasteiger partial charge in [-0.25, -0.2) is 0 Å². The molecule has 1 spiro atoms. The molecule has 6 heteroatoms. The van der Waals surface area contributed by atoms with Gasteiger partial charge in [0.15, 0.2) is 0 Å². The number of nitrogens with zero attached hydrogens (tertiary/aromatic N) is 1. The summed E-state index contributed by atoms with van der Waals surface area (Å²) in [6.45, 7) is 2.93. The third kappa shape index (κ3) is 3.54. The smallest absolute Gasteiger partial charge is 0.248 e. The van der Waals surface area contributed by atoms with E-state index in [4.69, 9.17) is 15.2 Å². The molecule has 2 aliphatic rings. The van der Waals surface area contributed by atoms with Crippen LogP contribution in [0, 0.1) is 0 Å². The van der Waals surface area contributed by atoms with Crippen molar-refractivity contribution in [2.45, 2.75) is 24.9 Å². The van der Waals surface area contributed by atoms with Crippen molar-refractivity contribution in [3.05, 3.63) is 35.4 Å². The minimum absolute atomic E-state index is 0.00746. The zero-order valence-electron chi connectivity index (χ0n) is 13.1. The molecular weight excluding hydrogens is 296 g/mol. The van der Waals surface area contributed by atoms with Crippen LogP contribution in [0.4, 0.5) is 0 Å². The number of hydrogen-bond acceptors (Lipinski definition) is 4. The van der Waals surface area contributed by atoms with E-state index in [0.29, 0.717) is 37.4 Å². The summed E-state index contributed by atoms with van der Waals surface area (Å²) in [6, 6.07) is 6.99. The molecule has 1 atom stereocenters. The van der Waals surface area contributed by atoms with Gasteiger partial charge in [0.25, 0.3) is 0 Å². The van der Waals surface area contributed by atoms with Crippen LogP contribution in [0.15, 0.2) is 24.3 Å². The number of carbonyl (C=O) groups is 2. The van der Waals surface area contributed by atoms with E-state index in [2.05, 4.69) is 0 Å². The van der Waals surface area contributed by atoms with E-state index in [1.165, 1.54) is 0 Å². The molecule has 0 aromatic heterocycles. The molecule has 124 valence electrons. The van der Waals surface area contributed by atoms with Crippen LogP contribution in [0.5, 0.6) is 0 Å². The van der Waals surface area contributed by atoms with E-state index < -0.39 is 5.91 Å². The van der Waals surface area contributed by atoms with E-state index in [1.807, 2.05) is 11.0 Å². The van der Waals surface area contributed by atoms with E-state index in [0.717, 1.165) is 19.4 Å². The number of hydrogen-bond donors (Lipinski definition) is 1. The molecule has 2 aliphatic heterocycles. The second-order valence-corrected chi connectivity index (χ2v) is 6.20. The quantitative estimate of drug-likeness (QED) is 0.891. The number of primary amides is 1. The number of benzene rings is 1. The first-order valence-electron chi connectivity index (χ1n) is 7.97. The summed E-state index contributed by atoms with van der Waals surface area (Å²) in [4.78, 5) is 25.9. The molecule has 0 bridgehead atoms. The van der Waals surface area contributed by atoms with E-state index in [9.17, 15) is 9.59 Å². The highest BCUT2D eigenvalue weighted by Gasteiger charge is 2.40. The van der Waals surface area contributed by atoms with Crippen molar-refractivity contribution in [1.82, 2.24) is 4.90 Å². The van der Waals surface area contributed by atoms with E-state index >= 15 is 0 Å². The monoisotopic (exact) mass is 318 g/mol. The van der Waals surface area contributed by atoms with Crippen molar-refractivity contribution in [3.8, 4) is 0 Å². The Labute approximate surface area is 135 Å². The molecule has 1 unspecified atom stereocenters. The Balaban J connectivity index is 1.70. The topological polar surface area (TPSA) is 81.9 Å². The van der Waals surface area contributed by atoms with Crippen LogP contribution in [-0.2, 0) is 20.7 Å². The lowest BCUT2D eigenvalue weighted by molar-refractivity contribution is -0.176. The number of nitrogens with two attached hydrogens (primary N) is 1. The Morgan fingerprint density at radius 1 is 1.26 bits per heavy atom. The van der Waals surface area contributed by atoms with Gasteiger partial charge in [0.2, 0.25) is 11.8 Å². The maximum atomic E-state index is 12.6. The number of rotatable bonds is 3. The lowest BCUT2D eigenvalue weighted by Crippen LogP contribution is -2.57. The summed E-state index contributed by atoms with van der Waals surface area (Å²) < 4.78 is 11.4. The maximum Gasteiger partial charge on any atom is 0.248 e. The first-order chi connectivity index (χ1) is 11.1. The zero-order chi connectivity index (χ0) is 16.3.